The van der Waals surface area contributed by atoms with Gasteiger partial charge >= 0.3 is 12.2 Å². The molecule has 0 unspecified atom stereocenters. The van der Waals surface area contributed by atoms with Crippen LogP contribution in [0.1, 0.15) is 43.6 Å². The number of piperazine rings is 1. The van der Waals surface area contributed by atoms with E-state index in [0.717, 1.165) is 13.1 Å². The minimum atomic E-state index is -4.74. The van der Waals surface area contributed by atoms with Crippen molar-refractivity contribution in [2.75, 3.05) is 51.3 Å². The minimum absolute atomic E-state index is 0.00815. The zero-order chi connectivity index (χ0) is 30.7. The monoisotopic (exact) mass is 625 g/mol. The minimum Gasteiger partial charge on any atom is -0.337 e. The lowest BCUT2D eigenvalue weighted by atomic mass is 10.1. The summed E-state index contributed by atoms with van der Waals surface area (Å²) in [6.07, 6.45) is -4.11. The summed E-state index contributed by atoms with van der Waals surface area (Å²) in [6.45, 7) is 2.04. The number of carbonyl (C=O) groups is 3. The lowest BCUT2D eigenvalue weighted by Gasteiger charge is -2.37. The highest BCUT2D eigenvalue weighted by atomic mass is 35.5. The molecule has 4 amide bonds. The molecule has 0 bridgehead atoms. The first-order chi connectivity index (χ1) is 20.5. The fourth-order valence-electron chi connectivity index (χ4n) is 4.78. The van der Waals surface area contributed by atoms with Crippen LogP contribution in [-0.2, 0) is 19.0 Å². The molecule has 4 heterocycles. The number of anilines is 1. The molecular weight excluding hydrogens is 598 g/mol. The second kappa shape index (κ2) is 12.6. The highest BCUT2D eigenvalue weighted by Gasteiger charge is 2.38. The fourth-order valence-corrected chi connectivity index (χ4v) is 5.04. The van der Waals surface area contributed by atoms with Crippen LogP contribution >= 0.6 is 11.6 Å². The Bertz CT molecular complexity index is 1500. The van der Waals surface area contributed by atoms with Gasteiger partial charge in [0.2, 0.25) is 0 Å². The van der Waals surface area contributed by atoms with Gasteiger partial charge < -0.3 is 30.7 Å². The van der Waals surface area contributed by atoms with Gasteiger partial charge in [-0.3, -0.25) is 19.1 Å². The molecule has 0 aliphatic carbocycles. The Kier molecular flexibility index (Phi) is 8.87. The van der Waals surface area contributed by atoms with Crippen molar-refractivity contribution in [3.63, 3.8) is 0 Å². The molecule has 3 aromatic rings. The SMILES string of the molecule is O=C(Nc1ccc(C(=O)N2CCN(C(=O)NC3CNC3)CC2)c(Cl)c1)c1ncc(Cc2c(C(F)(F)F)n[nH]c2CCF)[nH]1. The molecule has 2 aliphatic rings. The number of hydrogen-bond donors (Lipinski definition) is 5. The number of carbonyl (C=O) groups excluding carboxylic acids is 3. The van der Waals surface area contributed by atoms with Gasteiger partial charge in [0.15, 0.2) is 11.5 Å². The number of H-pyrrole nitrogens is 2. The van der Waals surface area contributed by atoms with Crippen molar-refractivity contribution in [2.45, 2.75) is 25.1 Å². The molecule has 230 valence electrons. The van der Waals surface area contributed by atoms with E-state index in [4.69, 9.17) is 11.6 Å². The van der Waals surface area contributed by atoms with Crippen LogP contribution in [0.15, 0.2) is 24.4 Å². The van der Waals surface area contributed by atoms with Crippen molar-refractivity contribution >= 4 is 35.1 Å². The summed E-state index contributed by atoms with van der Waals surface area (Å²) in [7, 11) is 0. The summed E-state index contributed by atoms with van der Waals surface area (Å²) >= 11 is 6.38. The lowest BCUT2D eigenvalue weighted by Crippen LogP contribution is -2.61. The number of nitrogens with one attached hydrogen (secondary N) is 5. The Balaban J connectivity index is 1.18. The summed E-state index contributed by atoms with van der Waals surface area (Å²) in [4.78, 5) is 48.1. The number of nitrogens with zero attached hydrogens (tertiary/aromatic N) is 4. The van der Waals surface area contributed by atoms with Gasteiger partial charge in [-0.1, -0.05) is 11.6 Å². The van der Waals surface area contributed by atoms with Gasteiger partial charge in [0, 0.05) is 80.9 Å². The molecule has 2 fully saturated rings. The molecule has 12 nitrogen and oxygen atoms in total. The van der Waals surface area contributed by atoms with Crippen molar-refractivity contribution in [3.05, 3.63) is 63.5 Å². The number of urea groups is 1. The van der Waals surface area contributed by atoms with Gasteiger partial charge in [-0.05, 0) is 18.2 Å². The maximum atomic E-state index is 13.4. The van der Waals surface area contributed by atoms with Crippen LogP contribution in [-0.4, -0.2) is 99.8 Å². The van der Waals surface area contributed by atoms with E-state index in [1.165, 1.54) is 24.4 Å². The van der Waals surface area contributed by atoms with E-state index in [9.17, 15) is 31.9 Å². The molecule has 2 aliphatic heterocycles. The van der Waals surface area contributed by atoms with Crippen molar-refractivity contribution < 1.29 is 31.9 Å². The van der Waals surface area contributed by atoms with E-state index >= 15 is 0 Å². The van der Waals surface area contributed by atoms with Gasteiger partial charge in [0.25, 0.3) is 11.8 Å². The van der Waals surface area contributed by atoms with Crippen molar-refractivity contribution in [3.8, 4) is 0 Å². The average molecular weight is 626 g/mol. The Morgan fingerprint density at radius 3 is 2.44 bits per heavy atom. The number of rotatable bonds is 8. The number of alkyl halides is 4. The van der Waals surface area contributed by atoms with E-state index < -0.39 is 24.5 Å². The molecule has 43 heavy (non-hydrogen) atoms. The number of aromatic nitrogens is 4. The quantitative estimate of drug-likeness (QED) is 0.243. The van der Waals surface area contributed by atoms with Gasteiger partial charge in [-0.25, -0.2) is 9.78 Å². The molecule has 2 saturated heterocycles. The zero-order valence-electron chi connectivity index (χ0n) is 22.7. The van der Waals surface area contributed by atoms with E-state index in [0.29, 0.717) is 26.2 Å². The molecule has 0 radical (unpaired) electrons. The topological polar surface area (TPSA) is 151 Å². The Hall–Kier alpha value is -4.18. The van der Waals surface area contributed by atoms with Gasteiger partial charge in [-0.15, -0.1) is 0 Å². The first kappa shape index (κ1) is 30.3. The van der Waals surface area contributed by atoms with E-state index in [1.54, 1.807) is 9.80 Å². The molecule has 5 N–H and O–H groups in total. The third kappa shape index (κ3) is 6.91. The molecule has 1 aromatic carbocycles. The Labute approximate surface area is 247 Å². The standard InChI is InChI=1S/C26H28ClF4N9O3/c27-19-10-14(1-2-17(19)24(42)39-5-7-40(8-6-39)25(43)36-16-11-32-12-16)35-23(41)22-33-13-15(34-22)9-18-20(3-4-28)37-38-21(18)26(29,30)31/h1-2,10,13,16,32H,3-9,11-12H2,(H,33,34)(H,35,41)(H,36,43)(H,37,38). The number of aromatic amines is 2. The predicted octanol–water partition coefficient (Wildman–Crippen LogP) is 2.60. The average Bonchev–Trinajstić information content (AvgIpc) is 3.58. The van der Waals surface area contributed by atoms with Crippen LogP contribution in [0.5, 0.6) is 0 Å². The summed E-state index contributed by atoms with van der Waals surface area (Å²) in [5, 5.41) is 14.2. The largest absolute Gasteiger partial charge is 0.435 e. The van der Waals surface area contributed by atoms with E-state index in [2.05, 4.69) is 36.1 Å². The fraction of sp³-hybridized carbons (Fsp3) is 0.423. The van der Waals surface area contributed by atoms with Crippen LogP contribution < -0.4 is 16.0 Å². The maximum Gasteiger partial charge on any atom is 0.435 e. The van der Waals surface area contributed by atoms with Gasteiger partial charge in [0.05, 0.1) is 23.3 Å². The summed E-state index contributed by atoms with van der Waals surface area (Å²) in [6, 6.07) is 4.32. The second-order valence-electron chi connectivity index (χ2n) is 10.1. The van der Waals surface area contributed by atoms with Crippen LogP contribution in [0.2, 0.25) is 5.02 Å². The molecular formula is C26H28ClF4N9O3. The summed E-state index contributed by atoms with van der Waals surface area (Å²) in [5.41, 5.74) is -0.708. The highest BCUT2D eigenvalue weighted by molar-refractivity contribution is 6.34. The number of imidazole rings is 1. The van der Waals surface area contributed by atoms with Gasteiger partial charge in [-0.2, -0.15) is 18.3 Å². The third-order valence-corrected chi connectivity index (χ3v) is 7.51. The number of halogens is 5. The first-order valence-electron chi connectivity index (χ1n) is 13.4. The lowest BCUT2D eigenvalue weighted by molar-refractivity contribution is -0.141. The smallest absolute Gasteiger partial charge is 0.337 e. The van der Waals surface area contributed by atoms with Crippen LogP contribution in [0, 0.1) is 0 Å². The molecule has 0 atom stereocenters. The predicted molar refractivity (Wildman–Crippen MR) is 147 cm³/mol. The van der Waals surface area contributed by atoms with E-state index in [-0.39, 0.29) is 69.9 Å². The summed E-state index contributed by atoms with van der Waals surface area (Å²) in [5.74, 6) is -1.18. The van der Waals surface area contributed by atoms with Gasteiger partial charge in [0.1, 0.15) is 0 Å². The number of amides is 4. The first-order valence-corrected chi connectivity index (χ1v) is 13.8. The van der Waals surface area contributed by atoms with Crippen LogP contribution in [0.25, 0.3) is 0 Å². The molecule has 0 spiro atoms. The Morgan fingerprint density at radius 2 is 1.81 bits per heavy atom. The highest BCUT2D eigenvalue weighted by Crippen LogP contribution is 2.33. The van der Waals surface area contributed by atoms with E-state index in [1.807, 2.05) is 0 Å². The van der Waals surface area contributed by atoms with Crippen molar-refractivity contribution in [1.82, 2.24) is 40.6 Å². The van der Waals surface area contributed by atoms with Crippen molar-refractivity contribution in [1.29, 1.82) is 0 Å². The number of aryl methyl sites for hydroxylation is 1. The second-order valence-corrected chi connectivity index (χ2v) is 10.5. The van der Waals surface area contributed by atoms with Crippen LogP contribution in [0.3, 0.4) is 0 Å². The number of hydrogen-bond acceptors (Lipinski definition) is 6. The Morgan fingerprint density at radius 1 is 1.09 bits per heavy atom. The molecule has 5 rings (SSSR count). The normalized spacial score (nSPS) is 15.7. The number of benzene rings is 1. The van der Waals surface area contributed by atoms with Crippen LogP contribution in [0.4, 0.5) is 28.0 Å². The van der Waals surface area contributed by atoms with Crippen molar-refractivity contribution in [2.24, 2.45) is 0 Å². The third-order valence-electron chi connectivity index (χ3n) is 7.20. The molecule has 17 heteroatoms. The summed E-state index contributed by atoms with van der Waals surface area (Å²) < 4.78 is 53.0. The molecule has 2 aromatic heterocycles. The zero-order valence-corrected chi connectivity index (χ0v) is 23.4. The molecule has 0 saturated carbocycles. The maximum absolute atomic E-state index is 13.4.